The molecule has 1 aromatic rings. The van der Waals surface area contributed by atoms with E-state index in [1.807, 2.05) is 6.92 Å². The summed E-state index contributed by atoms with van der Waals surface area (Å²) in [7, 11) is 0. The molecule has 21 heavy (non-hydrogen) atoms. The van der Waals surface area contributed by atoms with Crippen molar-refractivity contribution in [1.29, 1.82) is 0 Å². The van der Waals surface area contributed by atoms with Gasteiger partial charge in [0.05, 0.1) is 16.7 Å². The van der Waals surface area contributed by atoms with Crippen molar-refractivity contribution >= 4 is 17.6 Å². The van der Waals surface area contributed by atoms with Crippen molar-refractivity contribution in [3.8, 4) is 0 Å². The quantitative estimate of drug-likeness (QED) is 0.796. The molecule has 6 heteroatoms. The maximum Gasteiger partial charge on any atom is 0.335 e. The molecule has 1 unspecified atom stereocenters. The summed E-state index contributed by atoms with van der Waals surface area (Å²) in [5.74, 6) is -2.06. The number of rotatable bonds is 4. The number of carbonyl (C=O) groups excluding carboxylic acids is 1. The van der Waals surface area contributed by atoms with Crippen molar-refractivity contribution in [2.24, 2.45) is 5.41 Å². The van der Waals surface area contributed by atoms with E-state index in [0.717, 1.165) is 31.5 Å². The van der Waals surface area contributed by atoms with Crippen LogP contribution < -0.4 is 10.6 Å². The highest BCUT2D eigenvalue weighted by atomic mass is 19.1. The number of anilines is 1. The van der Waals surface area contributed by atoms with Gasteiger partial charge in [0, 0.05) is 6.54 Å². The maximum atomic E-state index is 13.8. The summed E-state index contributed by atoms with van der Waals surface area (Å²) in [6.07, 6.45) is 2.27. The van der Waals surface area contributed by atoms with Gasteiger partial charge in [0.25, 0.3) is 0 Å². The Morgan fingerprint density at radius 2 is 2.24 bits per heavy atom. The summed E-state index contributed by atoms with van der Waals surface area (Å²) in [5, 5.41) is 14.7. The van der Waals surface area contributed by atoms with Crippen molar-refractivity contribution in [2.45, 2.75) is 26.2 Å². The van der Waals surface area contributed by atoms with Gasteiger partial charge in [0.15, 0.2) is 0 Å². The molecule has 3 N–H and O–H groups in total. The number of hydrogen-bond donors (Lipinski definition) is 3. The molecule has 0 saturated carbocycles. The van der Waals surface area contributed by atoms with Crippen molar-refractivity contribution < 1.29 is 19.1 Å². The Balaban J connectivity index is 2.22. The maximum absolute atomic E-state index is 13.8. The molecule has 0 aliphatic carbocycles. The van der Waals surface area contributed by atoms with E-state index in [2.05, 4.69) is 10.6 Å². The Morgan fingerprint density at radius 3 is 2.81 bits per heavy atom. The number of piperidine rings is 1. The summed E-state index contributed by atoms with van der Waals surface area (Å²) >= 11 is 0. The molecule has 1 aromatic carbocycles. The standard InChI is InChI=1S/C15H19FN2O3/c1-2-15(6-3-7-17-9-15)14(21)18-12-8-10(13(19)20)4-5-11(12)16/h4-5,8,17H,2-3,6-7,9H2,1H3,(H,18,21)(H,19,20). The van der Waals surface area contributed by atoms with E-state index in [0.29, 0.717) is 13.0 Å². The molecule has 114 valence electrons. The lowest BCUT2D eigenvalue weighted by molar-refractivity contribution is -0.126. The molecule has 2 rings (SSSR count). The second kappa shape index (κ2) is 6.22. The number of amides is 1. The Morgan fingerprint density at radius 1 is 1.48 bits per heavy atom. The Labute approximate surface area is 122 Å². The van der Waals surface area contributed by atoms with Crippen LogP contribution in [0.15, 0.2) is 18.2 Å². The molecule has 0 aromatic heterocycles. The van der Waals surface area contributed by atoms with Crippen molar-refractivity contribution in [3.05, 3.63) is 29.6 Å². The Kier molecular flexibility index (Phi) is 4.57. The number of halogens is 1. The number of nitrogens with one attached hydrogen (secondary N) is 2. The summed E-state index contributed by atoms with van der Waals surface area (Å²) in [5.41, 5.74) is -0.707. The van der Waals surface area contributed by atoms with E-state index in [1.165, 1.54) is 6.07 Å². The van der Waals surface area contributed by atoms with Gasteiger partial charge in [-0.3, -0.25) is 4.79 Å². The summed E-state index contributed by atoms with van der Waals surface area (Å²) in [6.45, 7) is 3.35. The number of aromatic carboxylic acids is 1. The van der Waals surface area contributed by atoms with Crippen LogP contribution in [0.25, 0.3) is 0 Å². The normalized spacial score (nSPS) is 21.8. The highest BCUT2D eigenvalue weighted by Crippen LogP contribution is 2.32. The third-order valence-corrected chi connectivity index (χ3v) is 4.09. The van der Waals surface area contributed by atoms with Crippen LogP contribution in [0.2, 0.25) is 0 Å². The molecule has 0 radical (unpaired) electrons. The molecule has 1 amide bonds. The van der Waals surface area contributed by atoms with E-state index in [-0.39, 0.29) is 17.2 Å². The van der Waals surface area contributed by atoms with Crippen LogP contribution in [-0.2, 0) is 4.79 Å². The average molecular weight is 294 g/mol. The van der Waals surface area contributed by atoms with E-state index in [1.54, 1.807) is 0 Å². The molecule has 1 fully saturated rings. The minimum Gasteiger partial charge on any atom is -0.478 e. The number of carboxylic acids is 1. The molecule has 5 nitrogen and oxygen atoms in total. The third-order valence-electron chi connectivity index (χ3n) is 4.09. The van der Waals surface area contributed by atoms with E-state index in [9.17, 15) is 14.0 Å². The lowest BCUT2D eigenvalue weighted by atomic mass is 9.77. The SMILES string of the molecule is CCC1(C(=O)Nc2cc(C(=O)O)ccc2F)CCCNC1. The first-order chi connectivity index (χ1) is 9.98. The minimum absolute atomic E-state index is 0.0565. The van der Waals surface area contributed by atoms with E-state index >= 15 is 0 Å². The number of carbonyl (C=O) groups is 2. The second-order valence-electron chi connectivity index (χ2n) is 5.37. The zero-order valence-electron chi connectivity index (χ0n) is 11.9. The highest BCUT2D eigenvalue weighted by Gasteiger charge is 2.38. The Hall–Kier alpha value is -1.95. The van der Waals surface area contributed by atoms with Crippen LogP contribution in [-0.4, -0.2) is 30.1 Å². The zero-order chi connectivity index (χ0) is 15.5. The topological polar surface area (TPSA) is 78.4 Å². The van der Waals surface area contributed by atoms with Crippen LogP contribution in [0.4, 0.5) is 10.1 Å². The molecule has 1 aliphatic rings. The number of benzene rings is 1. The Bertz CT molecular complexity index is 554. The second-order valence-corrected chi connectivity index (χ2v) is 5.37. The highest BCUT2D eigenvalue weighted by molar-refractivity contribution is 5.97. The van der Waals surface area contributed by atoms with Gasteiger partial charge >= 0.3 is 5.97 Å². The van der Waals surface area contributed by atoms with Crippen molar-refractivity contribution in [3.63, 3.8) is 0 Å². The van der Waals surface area contributed by atoms with Crippen LogP contribution in [0, 0.1) is 11.2 Å². The molecule has 0 spiro atoms. The van der Waals surface area contributed by atoms with Crippen LogP contribution in [0.3, 0.4) is 0 Å². The number of hydrogen-bond acceptors (Lipinski definition) is 3. The fourth-order valence-electron chi connectivity index (χ4n) is 2.63. The van der Waals surface area contributed by atoms with Crippen LogP contribution in [0.5, 0.6) is 0 Å². The smallest absolute Gasteiger partial charge is 0.335 e. The molecule has 1 aliphatic heterocycles. The summed E-state index contributed by atoms with van der Waals surface area (Å²) < 4.78 is 13.8. The first-order valence-corrected chi connectivity index (χ1v) is 7.03. The van der Waals surface area contributed by atoms with Gasteiger partial charge < -0.3 is 15.7 Å². The monoisotopic (exact) mass is 294 g/mol. The van der Waals surface area contributed by atoms with Gasteiger partial charge in [-0.05, 0) is 44.0 Å². The summed E-state index contributed by atoms with van der Waals surface area (Å²) in [4.78, 5) is 23.4. The van der Waals surface area contributed by atoms with Gasteiger partial charge in [-0.1, -0.05) is 6.92 Å². The predicted octanol–water partition coefficient (Wildman–Crippen LogP) is 2.24. The van der Waals surface area contributed by atoms with Gasteiger partial charge in [0.2, 0.25) is 5.91 Å². The van der Waals surface area contributed by atoms with Crippen LogP contribution in [0.1, 0.15) is 36.5 Å². The summed E-state index contributed by atoms with van der Waals surface area (Å²) in [6, 6.07) is 3.37. The first-order valence-electron chi connectivity index (χ1n) is 7.03. The van der Waals surface area contributed by atoms with E-state index in [4.69, 9.17) is 5.11 Å². The number of carboxylic acid groups (broad SMARTS) is 1. The fraction of sp³-hybridized carbons (Fsp3) is 0.467. The van der Waals surface area contributed by atoms with Gasteiger partial charge in [0.1, 0.15) is 5.82 Å². The lowest BCUT2D eigenvalue weighted by Gasteiger charge is -2.35. The van der Waals surface area contributed by atoms with Gasteiger partial charge in [-0.15, -0.1) is 0 Å². The van der Waals surface area contributed by atoms with Crippen molar-refractivity contribution in [2.75, 3.05) is 18.4 Å². The molecule has 1 heterocycles. The van der Waals surface area contributed by atoms with E-state index < -0.39 is 17.2 Å². The largest absolute Gasteiger partial charge is 0.478 e. The third kappa shape index (κ3) is 3.21. The molecule has 1 atom stereocenters. The molecular weight excluding hydrogens is 275 g/mol. The fourth-order valence-corrected chi connectivity index (χ4v) is 2.63. The molecular formula is C15H19FN2O3. The molecule has 1 saturated heterocycles. The van der Waals surface area contributed by atoms with Crippen LogP contribution >= 0.6 is 0 Å². The lowest BCUT2D eigenvalue weighted by Crippen LogP contribution is -2.47. The zero-order valence-corrected chi connectivity index (χ0v) is 11.9. The first kappa shape index (κ1) is 15.4. The van der Waals surface area contributed by atoms with Gasteiger partial charge in [-0.25, -0.2) is 9.18 Å². The van der Waals surface area contributed by atoms with Crippen molar-refractivity contribution in [1.82, 2.24) is 5.32 Å². The minimum atomic E-state index is -1.16. The molecule has 0 bridgehead atoms. The van der Waals surface area contributed by atoms with Gasteiger partial charge in [-0.2, -0.15) is 0 Å². The predicted molar refractivity (Wildman–Crippen MR) is 76.8 cm³/mol. The average Bonchev–Trinajstić information content (AvgIpc) is 2.49.